The minimum atomic E-state index is -0.508. The van der Waals surface area contributed by atoms with Crippen LogP contribution < -0.4 is 4.90 Å². The standard InChI is InChI=1S/C15H14FNO3/c1-2-17(11-6-3-5-10(16)9-11)15(20)12-7-4-8-13(18)14(12)19/h3-9,18-19H,2H2,1H3. The third-order valence-electron chi connectivity index (χ3n) is 2.93. The first-order chi connectivity index (χ1) is 9.54. The van der Waals surface area contributed by atoms with E-state index < -0.39 is 17.5 Å². The Balaban J connectivity index is 2.42. The highest BCUT2D eigenvalue weighted by Gasteiger charge is 2.21. The summed E-state index contributed by atoms with van der Waals surface area (Å²) in [6.45, 7) is 2.04. The van der Waals surface area contributed by atoms with Gasteiger partial charge in [0.1, 0.15) is 5.82 Å². The molecule has 0 aliphatic rings. The first-order valence-electron chi connectivity index (χ1n) is 6.13. The summed E-state index contributed by atoms with van der Waals surface area (Å²) < 4.78 is 13.2. The van der Waals surface area contributed by atoms with Crippen LogP contribution in [0.5, 0.6) is 11.5 Å². The van der Waals surface area contributed by atoms with Crippen molar-refractivity contribution in [2.75, 3.05) is 11.4 Å². The van der Waals surface area contributed by atoms with Gasteiger partial charge in [-0.05, 0) is 37.3 Å². The normalized spacial score (nSPS) is 10.3. The number of para-hydroxylation sites is 1. The van der Waals surface area contributed by atoms with Crippen LogP contribution in [0.15, 0.2) is 42.5 Å². The highest BCUT2D eigenvalue weighted by molar-refractivity contribution is 6.08. The average molecular weight is 275 g/mol. The number of rotatable bonds is 3. The number of halogens is 1. The molecular formula is C15H14FNO3. The zero-order valence-electron chi connectivity index (χ0n) is 10.9. The number of carbonyl (C=O) groups is 1. The number of amides is 1. The molecule has 2 N–H and O–H groups in total. The summed E-state index contributed by atoms with van der Waals surface area (Å²) in [5, 5.41) is 19.2. The maximum atomic E-state index is 13.2. The predicted molar refractivity (Wildman–Crippen MR) is 73.5 cm³/mol. The van der Waals surface area contributed by atoms with E-state index in [1.165, 1.54) is 41.3 Å². The molecule has 1 amide bonds. The smallest absolute Gasteiger partial charge is 0.262 e. The van der Waals surface area contributed by atoms with Gasteiger partial charge in [0, 0.05) is 12.2 Å². The van der Waals surface area contributed by atoms with Gasteiger partial charge in [0.25, 0.3) is 5.91 Å². The molecule has 0 aliphatic heterocycles. The number of phenols is 2. The van der Waals surface area contributed by atoms with Gasteiger partial charge in [0.05, 0.1) is 5.56 Å². The Morgan fingerprint density at radius 1 is 1.20 bits per heavy atom. The van der Waals surface area contributed by atoms with Gasteiger partial charge in [-0.15, -0.1) is 0 Å². The van der Waals surface area contributed by atoms with Gasteiger partial charge in [-0.1, -0.05) is 12.1 Å². The van der Waals surface area contributed by atoms with Crippen molar-refractivity contribution in [1.82, 2.24) is 0 Å². The van der Waals surface area contributed by atoms with E-state index in [0.29, 0.717) is 12.2 Å². The van der Waals surface area contributed by atoms with Crippen molar-refractivity contribution < 1.29 is 19.4 Å². The van der Waals surface area contributed by atoms with Crippen molar-refractivity contribution in [1.29, 1.82) is 0 Å². The highest BCUT2D eigenvalue weighted by Crippen LogP contribution is 2.30. The monoisotopic (exact) mass is 275 g/mol. The molecule has 0 aromatic heterocycles. The van der Waals surface area contributed by atoms with Crippen molar-refractivity contribution in [3.8, 4) is 11.5 Å². The van der Waals surface area contributed by atoms with Gasteiger partial charge in [0.2, 0.25) is 0 Å². The number of aromatic hydroxyl groups is 2. The van der Waals surface area contributed by atoms with Gasteiger partial charge in [0.15, 0.2) is 11.5 Å². The Morgan fingerprint density at radius 3 is 2.55 bits per heavy atom. The van der Waals surface area contributed by atoms with E-state index in [9.17, 15) is 19.4 Å². The SMILES string of the molecule is CCN(C(=O)c1cccc(O)c1O)c1cccc(F)c1. The van der Waals surface area contributed by atoms with E-state index in [2.05, 4.69) is 0 Å². The topological polar surface area (TPSA) is 60.8 Å². The first kappa shape index (κ1) is 13.9. The molecule has 0 bridgehead atoms. The number of nitrogens with zero attached hydrogens (tertiary/aromatic N) is 1. The van der Waals surface area contributed by atoms with Crippen LogP contribution in [-0.2, 0) is 0 Å². The van der Waals surface area contributed by atoms with Gasteiger partial charge in [-0.3, -0.25) is 4.79 Å². The fourth-order valence-electron chi connectivity index (χ4n) is 1.94. The maximum absolute atomic E-state index is 13.2. The molecule has 0 fully saturated rings. The third kappa shape index (κ3) is 2.56. The molecule has 0 aliphatic carbocycles. The second kappa shape index (κ2) is 5.61. The summed E-state index contributed by atoms with van der Waals surface area (Å²) in [4.78, 5) is 13.7. The Bertz CT molecular complexity index is 643. The van der Waals surface area contributed by atoms with Crippen LogP contribution in [0.4, 0.5) is 10.1 Å². The second-order valence-corrected chi connectivity index (χ2v) is 4.20. The molecule has 20 heavy (non-hydrogen) atoms. The van der Waals surface area contributed by atoms with E-state index in [1.807, 2.05) is 0 Å². The lowest BCUT2D eigenvalue weighted by atomic mass is 10.1. The van der Waals surface area contributed by atoms with Gasteiger partial charge < -0.3 is 15.1 Å². The van der Waals surface area contributed by atoms with Crippen LogP contribution in [0.1, 0.15) is 17.3 Å². The fraction of sp³-hybridized carbons (Fsp3) is 0.133. The summed E-state index contributed by atoms with van der Waals surface area (Å²) in [6.07, 6.45) is 0. The number of benzene rings is 2. The molecule has 0 unspecified atom stereocenters. The number of hydrogen-bond acceptors (Lipinski definition) is 3. The molecule has 2 rings (SSSR count). The van der Waals surface area contributed by atoms with Gasteiger partial charge in [-0.2, -0.15) is 0 Å². The molecule has 2 aromatic carbocycles. The van der Waals surface area contributed by atoms with Crippen molar-refractivity contribution >= 4 is 11.6 Å². The summed E-state index contributed by atoms with van der Waals surface area (Å²) in [7, 11) is 0. The molecule has 0 spiro atoms. The lowest BCUT2D eigenvalue weighted by Gasteiger charge is -2.21. The predicted octanol–water partition coefficient (Wildman–Crippen LogP) is 2.90. The minimum absolute atomic E-state index is 0.0314. The van der Waals surface area contributed by atoms with Gasteiger partial charge >= 0.3 is 0 Å². The lowest BCUT2D eigenvalue weighted by Crippen LogP contribution is -2.30. The van der Waals surface area contributed by atoms with Crippen molar-refractivity contribution in [2.45, 2.75) is 6.92 Å². The van der Waals surface area contributed by atoms with Crippen LogP contribution in [0.3, 0.4) is 0 Å². The molecule has 0 radical (unpaired) electrons. The summed E-state index contributed by atoms with van der Waals surface area (Å²) >= 11 is 0. The molecule has 104 valence electrons. The van der Waals surface area contributed by atoms with E-state index in [0.717, 1.165) is 0 Å². The summed E-state index contributed by atoms with van der Waals surface area (Å²) in [5.74, 6) is -1.81. The maximum Gasteiger partial charge on any atom is 0.262 e. The molecular weight excluding hydrogens is 261 g/mol. The largest absolute Gasteiger partial charge is 0.504 e. The Labute approximate surface area is 115 Å². The zero-order valence-corrected chi connectivity index (χ0v) is 10.9. The van der Waals surface area contributed by atoms with E-state index in [1.54, 1.807) is 13.0 Å². The zero-order chi connectivity index (χ0) is 14.7. The summed E-state index contributed by atoms with van der Waals surface area (Å²) in [5.41, 5.74) is 0.358. The first-order valence-corrected chi connectivity index (χ1v) is 6.13. The average Bonchev–Trinajstić information content (AvgIpc) is 2.42. The number of anilines is 1. The van der Waals surface area contributed by atoms with E-state index in [4.69, 9.17) is 0 Å². The van der Waals surface area contributed by atoms with Crippen molar-refractivity contribution in [3.05, 3.63) is 53.8 Å². The molecule has 0 saturated carbocycles. The van der Waals surface area contributed by atoms with Crippen molar-refractivity contribution in [3.63, 3.8) is 0 Å². The van der Waals surface area contributed by atoms with Crippen LogP contribution >= 0.6 is 0 Å². The fourth-order valence-corrected chi connectivity index (χ4v) is 1.94. The molecule has 0 heterocycles. The Morgan fingerprint density at radius 2 is 1.90 bits per heavy atom. The highest BCUT2D eigenvalue weighted by atomic mass is 19.1. The minimum Gasteiger partial charge on any atom is -0.504 e. The Kier molecular flexibility index (Phi) is 3.89. The van der Waals surface area contributed by atoms with Crippen LogP contribution in [0, 0.1) is 5.82 Å². The molecule has 0 saturated heterocycles. The molecule has 2 aromatic rings. The van der Waals surface area contributed by atoms with Crippen LogP contribution in [-0.4, -0.2) is 22.7 Å². The van der Waals surface area contributed by atoms with Crippen molar-refractivity contribution in [2.24, 2.45) is 0 Å². The third-order valence-corrected chi connectivity index (χ3v) is 2.93. The molecule has 4 nitrogen and oxygen atoms in total. The van der Waals surface area contributed by atoms with Crippen LogP contribution in [0.25, 0.3) is 0 Å². The molecule has 5 heteroatoms. The van der Waals surface area contributed by atoms with Gasteiger partial charge in [-0.25, -0.2) is 4.39 Å². The Hall–Kier alpha value is -2.56. The van der Waals surface area contributed by atoms with E-state index >= 15 is 0 Å². The number of carbonyl (C=O) groups excluding carboxylic acids is 1. The van der Waals surface area contributed by atoms with E-state index in [-0.39, 0.29) is 11.3 Å². The summed E-state index contributed by atoms with van der Waals surface area (Å²) in [6, 6.07) is 9.77. The number of phenolic OH excluding ortho intramolecular Hbond substituents is 2. The van der Waals surface area contributed by atoms with Crippen LogP contribution in [0.2, 0.25) is 0 Å². The quantitative estimate of drug-likeness (QED) is 0.847. The number of hydrogen-bond donors (Lipinski definition) is 2. The molecule has 0 atom stereocenters. The lowest BCUT2D eigenvalue weighted by molar-refractivity contribution is 0.0985. The second-order valence-electron chi connectivity index (χ2n) is 4.20.